The van der Waals surface area contributed by atoms with Crippen molar-refractivity contribution in [1.29, 1.82) is 0 Å². The molecular formula is C29H40N4O4. The Morgan fingerprint density at radius 2 is 1.08 bits per heavy atom. The van der Waals surface area contributed by atoms with Gasteiger partial charge in [0.1, 0.15) is 5.60 Å². The summed E-state index contributed by atoms with van der Waals surface area (Å²) in [6.45, 7) is 11.2. The molecule has 2 fully saturated rings. The first-order valence-electron chi connectivity index (χ1n) is 13.0. The minimum Gasteiger partial charge on any atom is -0.444 e. The third-order valence-electron chi connectivity index (χ3n) is 6.15. The van der Waals surface area contributed by atoms with Crippen LogP contribution in [0.15, 0.2) is 60.7 Å². The summed E-state index contributed by atoms with van der Waals surface area (Å²) in [5.41, 5.74) is 1.63. The molecule has 0 unspecified atom stereocenters. The lowest BCUT2D eigenvalue weighted by Gasteiger charge is -2.35. The number of hydrogen-bond donors (Lipinski definition) is 1. The van der Waals surface area contributed by atoms with Crippen LogP contribution in [0.5, 0.6) is 0 Å². The third kappa shape index (κ3) is 9.88. The van der Waals surface area contributed by atoms with E-state index in [0.29, 0.717) is 39.0 Å². The van der Waals surface area contributed by atoms with Crippen LogP contribution in [0.1, 0.15) is 31.9 Å². The number of nitrogens with zero attached hydrogens (tertiary/aromatic N) is 3. The van der Waals surface area contributed by atoms with Gasteiger partial charge >= 0.3 is 6.09 Å². The molecule has 8 heteroatoms. The second-order valence-electron chi connectivity index (χ2n) is 10.3. The molecule has 0 atom stereocenters. The molecule has 0 radical (unpaired) electrons. The van der Waals surface area contributed by atoms with Gasteiger partial charge in [-0.05, 0) is 31.9 Å². The molecule has 2 aromatic rings. The lowest BCUT2D eigenvalue weighted by atomic mass is 10.1. The number of nitrogens with one attached hydrogen (secondary N) is 1. The molecule has 200 valence electrons. The fourth-order valence-corrected chi connectivity index (χ4v) is 4.14. The van der Waals surface area contributed by atoms with Crippen molar-refractivity contribution in [3.8, 4) is 0 Å². The van der Waals surface area contributed by atoms with Crippen LogP contribution in [0.3, 0.4) is 0 Å². The fraction of sp³-hybridized carbons (Fsp3) is 0.483. The van der Waals surface area contributed by atoms with Gasteiger partial charge in [-0.1, -0.05) is 60.7 Å². The Kier molecular flexibility index (Phi) is 10.5. The molecule has 2 saturated heterocycles. The Hall–Kier alpha value is -3.39. The zero-order valence-electron chi connectivity index (χ0n) is 22.3. The van der Waals surface area contributed by atoms with Gasteiger partial charge in [0.15, 0.2) is 0 Å². The van der Waals surface area contributed by atoms with Crippen molar-refractivity contribution < 1.29 is 19.1 Å². The second kappa shape index (κ2) is 13.8. The van der Waals surface area contributed by atoms with E-state index in [0.717, 1.165) is 37.3 Å². The number of piperazine rings is 2. The number of carbonyl (C=O) groups is 3. The first-order valence-corrected chi connectivity index (χ1v) is 13.0. The van der Waals surface area contributed by atoms with E-state index in [1.165, 1.54) is 0 Å². The van der Waals surface area contributed by atoms with Gasteiger partial charge in [-0.3, -0.25) is 9.59 Å². The molecule has 2 aliphatic rings. The van der Waals surface area contributed by atoms with E-state index in [1.807, 2.05) is 91.2 Å². The van der Waals surface area contributed by atoms with Crippen molar-refractivity contribution in [2.45, 2.75) is 39.2 Å². The average molecular weight is 509 g/mol. The molecular weight excluding hydrogens is 468 g/mol. The van der Waals surface area contributed by atoms with E-state index >= 15 is 0 Å². The van der Waals surface area contributed by atoms with Crippen LogP contribution >= 0.6 is 0 Å². The van der Waals surface area contributed by atoms with Crippen LogP contribution in [-0.2, 0) is 27.2 Å². The number of rotatable bonds is 4. The van der Waals surface area contributed by atoms with E-state index in [4.69, 9.17) is 4.74 Å². The molecule has 0 bridgehead atoms. The van der Waals surface area contributed by atoms with Crippen molar-refractivity contribution >= 4 is 17.9 Å². The van der Waals surface area contributed by atoms with E-state index in [-0.39, 0.29) is 17.9 Å². The summed E-state index contributed by atoms with van der Waals surface area (Å²) in [4.78, 5) is 41.5. The monoisotopic (exact) mass is 508 g/mol. The number of benzene rings is 2. The normalized spacial score (nSPS) is 15.9. The van der Waals surface area contributed by atoms with Gasteiger partial charge in [0.25, 0.3) is 0 Å². The Morgan fingerprint density at radius 1 is 0.676 bits per heavy atom. The zero-order valence-corrected chi connectivity index (χ0v) is 22.3. The summed E-state index contributed by atoms with van der Waals surface area (Å²) >= 11 is 0. The first-order chi connectivity index (χ1) is 17.7. The van der Waals surface area contributed by atoms with E-state index in [9.17, 15) is 14.4 Å². The predicted molar refractivity (Wildman–Crippen MR) is 144 cm³/mol. The molecule has 2 aliphatic heterocycles. The van der Waals surface area contributed by atoms with Gasteiger partial charge < -0.3 is 24.8 Å². The Balaban J connectivity index is 0.000000220. The molecule has 2 heterocycles. The summed E-state index contributed by atoms with van der Waals surface area (Å²) < 4.78 is 5.35. The van der Waals surface area contributed by atoms with Crippen LogP contribution < -0.4 is 5.32 Å². The number of hydrogen-bond acceptors (Lipinski definition) is 5. The highest BCUT2D eigenvalue weighted by Gasteiger charge is 2.27. The van der Waals surface area contributed by atoms with Crippen LogP contribution in [0, 0.1) is 0 Å². The average Bonchev–Trinajstić information content (AvgIpc) is 2.90. The molecule has 37 heavy (non-hydrogen) atoms. The smallest absolute Gasteiger partial charge is 0.410 e. The Bertz CT molecular complexity index is 994. The number of amides is 3. The van der Waals surface area contributed by atoms with Crippen molar-refractivity contribution in [3.63, 3.8) is 0 Å². The Labute approximate surface area is 220 Å². The molecule has 2 aromatic carbocycles. The van der Waals surface area contributed by atoms with Gasteiger partial charge in [-0.25, -0.2) is 4.79 Å². The van der Waals surface area contributed by atoms with Gasteiger partial charge in [-0.15, -0.1) is 0 Å². The summed E-state index contributed by atoms with van der Waals surface area (Å²) in [7, 11) is 0. The van der Waals surface area contributed by atoms with Gasteiger partial charge in [0, 0.05) is 52.4 Å². The first kappa shape index (κ1) is 28.2. The molecule has 8 nitrogen and oxygen atoms in total. The van der Waals surface area contributed by atoms with Crippen molar-refractivity contribution in [3.05, 3.63) is 71.8 Å². The lowest BCUT2D eigenvalue weighted by molar-refractivity contribution is -0.132. The topological polar surface area (TPSA) is 82.2 Å². The van der Waals surface area contributed by atoms with Crippen LogP contribution in [0.25, 0.3) is 0 Å². The molecule has 3 amide bonds. The standard InChI is InChI=1S/C17H24N2O3.C12H16N2O/c1-17(2,3)22-16(21)19-11-9-18(10-12-19)15(20)13-14-7-5-4-6-8-14;15-12(14-8-6-13-7-9-14)10-11-4-2-1-3-5-11/h4-8H,9-13H2,1-3H3;1-5,13H,6-10H2. The van der Waals surface area contributed by atoms with Crippen molar-refractivity contribution in [2.24, 2.45) is 0 Å². The van der Waals surface area contributed by atoms with Gasteiger partial charge in [0.05, 0.1) is 12.8 Å². The van der Waals surface area contributed by atoms with Crippen molar-refractivity contribution in [1.82, 2.24) is 20.0 Å². The fourth-order valence-electron chi connectivity index (χ4n) is 4.14. The maximum absolute atomic E-state index is 12.3. The lowest BCUT2D eigenvalue weighted by Crippen LogP contribution is -2.51. The van der Waals surface area contributed by atoms with E-state index < -0.39 is 5.60 Å². The quantitative estimate of drug-likeness (QED) is 0.687. The minimum absolute atomic E-state index is 0.107. The Morgan fingerprint density at radius 3 is 1.51 bits per heavy atom. The van der Waals surface area contributed by atoms with E-state index in [2.05, 4.69) is 5.32 Å². The SMILES string of the molecule is CC(C)(C)OC(=O)N1CCN(C(=O)Cc2ccccc2)CC1.O=C(Cc1ccccc1)N1CCNCC1. The number of ether oxygens (including phenoxy) is 1. The summed E-state index contributed by atoms with van der Waals surface area (Å²) in [5, 5.41) is 3.24. The highest BCUT2D eigenvalue weighted by Crippen LogP contribution is 2.13. The summed E-state index contributed by atoms with van der Waals surface area (Å²) in [5.74, 6) is 0.345. The van der Waals surface area contributed by atoms with Crippen LogP contribution in [0.2, 0.25) is 0 Å². The van der Waals surface area contributed by atoms with E-state index in [1.54, 1.807) is 4.90 Å². The molecule has 4 rings (SSSR count). The maximum atomic E-state index is 12.3. The predicted octanol–water partition coefficient (Wildman–Crippen LogP) is 2.97. The molecule has 0 aromatic heterocycles. The van der Waals surface area contributed by atoms with Crippen LogP contribution in [-0.4, -0.2) is 90.6 Å². The third-order valence-corrected chi connectivity index (χ3v) is 6.15. The largest absolute Gasteiger partial charge is 0.444 e. The minimum atomic E-state index is -0.489. The zero-order chi connectivity index (χ0) is 26.7. The van der Waals surface area contributed by atoms with Gasteiger partial charge in [0.2, 0.25) is 11.8 Å². The van der Waals surface area contributed by atoms with Gasteiger partial charge in [-0.2, -0.15) is 0 Å². The molecule has 1 N–H and O–H groups in total. The summed E-state index contributed by atoms with van der Waals surface area (Å²) in [6.07, 6.45) is 0.636. The highest BCUT2D eigenvalue weighted by molar-refractivity contribution is 5.79. The van der Waals surface area contributed by atoms with Crippen LogP contribution in [0.4, 0.5) is 4.79 Å². The summed E-state index contributed by atoms with van der Waals surface area (Å²) in [6, 6.07) is 19.6. The molecule has 0 aliphatic carbocycles. The molecule has 0 spiro atoms. The highest BCUT2D eigenvalue weighted by atomic mass is 16.6. The second-order valence-corrected chi connectivity index (χ2v) is 10.3. The van der Waals surface area contributed by atoms with Crippen molar-refractivity contribution in [2.75, 3.05) is 52.4 Å². The molecule has 0 saturated carbocycles. The maximum Gasteiger partial charge on any atom is 0.410 e. The number of carbonyl (C=O) groups excluding carboxylic acids is 3.